The van der Waals surface area contributed by atoms with Crippen molar-refractivity contribution in [1.29, 1.82) is 0 Å². The van der Waals surface area contributed by atoms with Crippen molar-refractivity contribution in [3.63, 3.8) is 0 Å². The number of nitrogen functional groups attached to an aromatic ring is 1. The maximum absolute atomic E-state index is 11.9. The zero-order chi connectivity index (χ0) is 15.0. The second-order valence-corrected chi connectivity index (χ2v) is 6.98. The second-order valence-electron chi connectivity index (χ2n) is 6.98. The van der Waals surface area contributed by atoms with Crippen molar-refractivity contribution in [2.45, 2.75) is 52.4 Å². The molecular weight excluding hydrogens is 238 g/mol. The second kappa shape index (κ2) is 4.87. The number of ether oxygens (including phenoxy) is 1. The zero-order valence-corrected chi connectivity index (χ0v) is 13.0. The van der Waals surface area contributed by atoms with Gasteiger partial charge in [0.15, 0.2) is 0 Å². The van der Waals surface area contributed by atoms with E-state index >= 15 is 0 Å². The van der Waals surface area contributed by atoms with E-state index in [9.17, 15) is 4.79 Å². The molecule has 0 amide bonds. The van der Waals surface area contributed by atoms with Gasteiger partial charge in [-0.2, -0.15) is 0 Å². The molecule has 0 spiro atoms. The quantitative estimate of drug-likeness (QED) is 0.621. The summed E-state index contributed by atoms with van der Waals surface area (Å²) in [5.74, 6) is -0.336. The summed E-state index contributed by atoms with van der Waals surface area (Å²) in [7, 11) is 1.39. The fourth-order valence-corrected chi connectivity index (χ4v) is 2.17. The predicted molar refractivity (Wildman–Crippen MR) is 79.6 cm³/mol. The van der Waals surface area contributed by atoms with Crippen molar-refractivity contribution in [1.82, 2.24) is 0 Å². The van der Waals surface area contributed by atoms with Crippen LogP contribution in [0.15, 0.2) is 12.1 Å². The number of rotatable bonds is 1. The predicted octanol–water partition coefficient (Wildman–Crippen LogP) is 3.65. The average Bonchev–Trinajstić information content (AvgIpc) is 2.24. The zero-order valence-electron chi connectivity index (χ0n) is 13.0. The molecule has 1 aromatic carbocycles. The summed E-state index contributed by atoms with van der Waals surface area (Å²) in [5.41, 5.74) is 9.13. The summed E-state index contributed by atoms with van der Waals surface area (Å²) in [6, 6.07) is 3.79. The van der Waals surface area contributed by atoms with E-state index in [1.165, 1.54) is 7.11 Å². The van der Waals surface area contributed by atoms with Crippen LogP contribution >= 0.6 is 0 Å². The lowest BCUT2D eigenvalue weighted by Crippen LogP contribution is -2.22. The Bertz CT molecular complexity index is 491. The van der Waals surface area contributed by atoms with Crippen molar-refractivity contribution in [3.05, 3.63) is 28.8 Å². The van der Waals surface area contributed by atoms with Gasteiger partial charge in [-0.15, -0.1) is 0 Å². The lowest BCUT2D eigenvalue weighted by Gasteiger charge is -2.28. The van der Waals surface area contributed by atoms with Crippen molar-refractivity contribution in [2.24, 2.45) is 0 Å². The SMILES string of the molecule is COC(=O)c1cc(N)c(C(C)(C)C)cc1C(C)(C)C. The highest BCUT2D eigenvalue weighted by Crippen LogP contribution is 2.35. The number of hydrogen-bond acceptors (Lipinski definition) is 3. The average molecular weight is 263 g/mol. The van der Waals surface area contributed by atoms with Crippen LogP contribution in [-0.4, -0.2) is 13.1 Å². The van der Waals surface area contributed by atoms with Gasteiger partial charge in [0.05, 0.1) is 12.7 Å². The molecule has 0 aromatic heterocycles. The number of hydrogen-bond donors (Lipinski definition) is 1. The first-order valence-electron chi connectivity index (χ1n) is 6.51. The third-order valence-corrected chi connectivity index (χ3v) is 3.21. The molecule has 1 aromatic rings. The van der Waals surface area contributed by atoms with Crippen LogP contribution in [0.25, 0.3) is 0 Å². The molecule has 0 atom stereocenters. The van der Waals surface area contributed by atoms with E-state index in [-0.39, 0.29) is 16.8 Å². The Balaban J connectivity index is 3.60. The fourth-order valence-electron chi connectivity index (χ4n) is 2.17. The van der Waals surface area contributed by atoms with E-state index in [0.717, 1.165) is 11.1 Å². The molecule has 0 aliphatic carbocycles. The first kappa shape index (κ1) is 15.5. The highest BCUT2D eigenvalue weighted by Gasteiger charge is 2.27. The minimum atomic E-state index is -0.336. The summed E-state index contributed by atoms with van der Waals surface area (Å²) >= 11 is 0. The number of methoxy groups -OCH3 is 1. The molecule has 0 aliphatic heterocycles. The van der Waals surface area contributed by atoms with Crippen LogP contribution in [-0.2, 0) is 15.6 Å². The summed E-state index contributed by atoms with van der Waals surface area (Å²) in [6.45, 7) is 12.6. The molecule has 3 heteroatoms. The highest BCUT2D eigenvalue weighted by molar-refractivity contribution is 5.93. The van der Waals surface area contributed by atoms with Crippen LogP contribution in [0, 0.1) is 0 Å². The Hall–Kier alpha value is -1.51. The van der Waals surface area contributed by atoms with Gasteiger partial charge in [0.2, 0.25) is 0 Å². The fraction of sp³-hybridized carbons (Fsp3) is 0.562. The Morgan fingerprint density at radius 1 is 1.00 bits per heavy atom. The van der Waals surface area contributed by atoms with E-state index in [4.69, 9.17) is 10.5 Å². The molecule has 0 saturated carbocycles. The lowest BCUT2D eigenvalue weighted by atomic mass is 9.77. The lowest BCUT2D eigenvalue weighted by molar-refractivity contribution is 0.0598. The van der Waals surface area contributed by atoms with E-state index < -0.39 is 0 Å². The highest BCUT2D eigenvalue weighted by atomic mass is 16.5. The van der Waals surface area contributed by atoms with Gasteiger partial charge in [-0.25, -0.2) is 4.79 Å². The summed E-state index contributed by atoms with van der Waals surface area (Å²) in [6.07, 6.45) is 0. The third-order valence-electron chi connectivity index (χ3n) is 3.21. The maximum Gasteiger partial charge on any atom is 0.338 e. The Kier molecular flexibility index (Phi) is 3.99. The van der Waals surface area contributed by atoms with Gasteiger partial charge in [-0.3, -0.25) is 0 Å². The molecule has 0 saturated heterocycles. The van der Waals surface area contributed by atoms with E-state index in [0.29, 0.717) is 11.3 Å². The molecular formula is C16H25NO2. The summed E-state index contributed by atoms with van der Waals surface area (Å²) < 4.78 is 4.86. The van der Waals surface area contributed by atoms with E-state index in [1.807, 2.05) is 6.07 Å². The number of esters is 1. The first-order chi connectivity index (χ1) is 8.48. The molecule has 106 valence electrons. The van der Waals surface area contributed by atoms with Gasteiger partial charge in [0.1, 0.15) is 0 Å². The normalized spacial score (nSPS) is 12.4. The Morgan fingerprint density at radius 3 is 1.84 bits per heavy atom. The number of benzene rings is 1. The molecule has 19 heavy (non-hydrogen) atoms. The Labute approximate surface area is 116 Å². The molecule has 0 unspecified atom stereocenters. The van der Waals surface area contributed by atoms with Crippen LogP contribution in [0.5, 0.6) is 0 Å². The van der Waals surface area contributed by atoms with E-state index in [2.05, 4.69) is 41.5 Å². The van der Waals surface area contributed by atoms with Gasteiger partial charge in [0.25, 0.3) is 0 Å². The molecule has 0 bridgehead atoms. The number of anilines is 1. The molecule has 3 nitrogen and oxygen atoms in total. The van der Waals surface area contributed by atoms with Crippen molar-refractivity contribution >= 4 is 11.7 Å². The Morgan fingerprint density at radius 2 is 1.47 bits per heavy atom. The van der Waals surface area contributed by atoms with Crippen molar-refractivity contribution in [3.8, 4) is 0 Å². The summed E-state index contributed by atoms with van der Waals surface area (Å²) in [4.78, 5) is 11.9. The van der Waals surface area contributed by atoms with Crippen molar-refractivity contribution < 1.29 is 9.53 Å². The van der Waals surface area contributed by atoms with Crippen LogP contribution in [0.2, 0.25) is 0 Å². The van der Waals surface area contributed by atoms with Crippen molar-refractivity contribution in [2.75, 3.05) is 12.8 Å². The van der Waals surface area contributed by atoms with Gasteiger partial charge in [0, 0.05) is 5.69 Å². The van der Waals surface area contributed by atoms with Gasteiger partial charge in [-0.05, 0) is 28.0 Å². The number of carbonyl (C=O) groups excluding carboxylic acids is 1. The third kappa shape index (κ3) is 3.28. The molecule has 0 heterocycles. The topological polar surface area (TPSA) is 52.3 Å². The van der Waals surface area contributed by atoms with Gasteiger partial charge < -0.3 is 10.5 Å². The van der Waals surface area contributed by atoms with Crippen LogP contribution in [0.4, 0.5) is 5.69 Å². The standard InChI is InChI=1S/C16H25NO2/c1-15(2,3)11-9-12(16(4,5)6)13(17)8-10(11)14(18)19-7/h8-9H,17H2,1-7H3. The van der Waals surface area contributed by atoms with Crippen LogP contribution < -0.4 is 5.73 Å². The molecule has 0 aliphatic rings. The monoisotopic (exact) mass is 263 g/mol. The molecule has 0 radical (unpaired) electrons. The largest absolute Gasteiger partial charge is 0.465 e. The minimum Gasteiger partial charge on any atom is -0.465 e. The van der Waals surface area contributed by atoms with E-state index in [1.54, 1.807) is 6.07 Å². The molecule has 0 fully saturated rings. The maximum atomic E-state index is 11.9. The number of nitrogens with two attached hydrogens (primary N) is 1. The first-order valence-corrected chi connectivity index (χ1v) is 6.51. The molecule has 1 rings (SSSR count). The van der Waals surface area contributed by atoms with Crippen LogP contribution in [0.1, 0.15) is 63.0 Å². The minimum absolute atomic E-state index is 0.0568. The molecule has 2 N–H and O–H groups in total. The van der Waals surface area contributed by atoms with Gasteiger partial charge >= 0.3 is 5.97 Å². The smallest absolute Gasteiger partial charge is 0.338 e. The number of carbonyl (C=O) groups is 1. The van der Waals surface area contributed by atoms with Crippen LogP contribution in [0.3, 0.4) is 0 Å². The summed E-state index contributed by atoms with van der Waals surface area (Å²) in [5, 5.41) is 0. The van der Waals surface area contributed by atoms with Gasteiger partial charge in [-0.1, -0.05) is 47.6 Å².